The molecule has 1 unspecified atom stereocenters. The SMILES string of the molecule is C=CC(=O)N(C)C(C)C(=O)NCCNc1cc(Nc2ncc(-c3ccncc3)s2)nc(C)n1. The number of carbonyl (C=O) groups excluding carboxylic acids is 2. The van der Waals surface area contributed by atoms with Crippen molar-refractivity contribution in [2.45, 2.75) is 19.9 Å². The second kappa shape index (κ2) is 11.1. The number of thiazole rings is 1. The first kappa shape index (κ1) is 23.8. The predicted molar refractivity (Wildman–Crippen MR) is 129 cm³/mol. The van der Waals surface area contributed by atoms with Crippen LogP contribution >= 0.6 is 11.3 Å². The van der Waals surface area contributed by atoms with E-state index >= 15 is 0 Å². The number of likely N-dealkylation sites (N-methyl/N-ethyl adjacent to an activating group) is 1. The van der Waals surface area contributed by atoms with E-state index in [1.54, 1.807) is 45.6 Å². The van der Waals surface area contributed by atoms with E-state index in [9.17, 15) is 9.59 Å². The summed E-state index contributed by atoms with van der Waals surface area (Å²) in [7, 11) is 1.56. The van der Waals surface area contributed by atoms with Gasteiger partial charge in [-0.25, -0.2) is 15.0 Å². The topological polar surface area (TPSA) is 125 Å². The van der Waals surface area contributed by atoms with Crippen LogP contribution in [0.3, 0.4) is 0 Å². The van der Waals surface area contributed by atoms with Crippen LogP contribution in [0.2, 0.25) is 0 Å². The number of hydrogen-bond donors (Lipinski definition) is 3. The fraction of sp³-hybridized carbons (Fsp3) is 0.273. The monoisotopic (exact) mass is 466 g/mol. The molecule has 0 spiro atoms. The normalized spacial score (nSPS) is 11.4. The van der Waals surface area contributed by atoms with E-state index in [1.165, 1.54) is 22.3 Å². The summed E-state index contributed by atoms with van der Waals surface area (Å²) < 4.78 is 0. The van der Waals surface area contributed by atoms with Crippen molar-refractivity contribution in [1.82, 2.24) is 30.2 Å². The zero-order valence-corrected chi connectivity index (χ0v) is 19.5. The summed E-state index contributed by atoms with van der Waals surface area (Å²) in [4.78, 5) is 43.4. The molecule has 172 valence electrons. The Bertz CT molecular complexity index is 1120. The van der Waals surface area contributed by atoms with Crippen LogP contribution in [-0.4, -0.2) is 62.8 Å². The van der Waals surface area contributed by atoms with Crippen molar-refractivity contribution in [2.24, 2.45) is 0 Å². The molecule has 33 heavy (non-hydrogen) atoms. The maximum atomic E-state index is 12.2. The highest BCUT2D eigenvalue weighted by atomic mass is 32.1. The van der Waals surface area contributed by atoms with Gasteiger partial charge >= 0.3 is 0 Å². The van der Waals surface area contributed by atoms with Crippen molar-refractivity contribution in [3.05, 3.63) is 55.3 Å². The standard InChI is InChI=1S/C22H26N8O2S/c1-5-20(31)30(4)14(2)21(32)25-11-10-24-18-12-19(28-15(3)27-18)29-22-26-13-17(33-22)16-6-8-23-9-7-16/h5-9,12-14H,1,10-11H2,2-4H3,(H,25,32)(H2,24,26,27,28,29). The van der Waals surface area contributed by atoms with Gasteiger partial charge in [0.2, 0.25) is 11.8 Å². The smallest absolute Gasteiger partial charge is 0.246 e. The molecular weight excluding hydrogens is 440 g/mol. The second-order valence-corrected chi connectivity index (χ2v) is 8.15. The Balaban J connectivity index is 1.53. The number of rotatable bonds is 10. The van der Waals surface area contributed by atoms with Gasteiger partial charge in [-0.3, -0.25) is 14.6 Å². The number of amides is 2. The molecule has 0 aliphatic carbocycles. The van der Waals surface area contributed by atoms with Crippen LogP contribution in [-0.2, 0) is 9.59 Å². The lowest BCUT2D eigenvalue weighted by atomic mass is 10.2. The summed E-state index contributed by atoms with van der Waals surface area (Å²) in [5.74, 6) is 1.28. The van der Waals surface area contributed by atoms with Gasteiger partial charge in [0.25, 0.3) is 0 Å². The van der Waals surface area contributed by atoms with E-state index in [0.717, 1.165) is 10.4 Å². The first-order valence-corrected chi connectivity index (χ1v) is 11.1. The largest absolute Gasteiger partial charge is 0.368 e. The summed E-state index contributed by atoms with van der Waals surface area (Å²) in [6.07, 6.45) is 6.48. The molecule has 0 aliphatic heterocycles. The number of nitrogens with zero attached hydrogens (tertiary/aromatic N) is 5. The zero-order valence-electron chi connectivity index (χ0n) is 18.7. The van der Waals surface area contributed by atoms with E-state index in [4.69, 9.17) is 0 Å². The van der Waals surface area contributed by atoms with Gasteiger partial charge in [-0.1, -0.05) is 17.9 Å². The maximum absolute atomic E-state index is 12.2. The molecule has 3 rings (SSSR count). The number of aromatic nitrogens is 4. The summed E-state index contributed by atoms with van der Waals surface area (Å²) in [5.41, 5.74) is 1.05. The summed E-state index contributed by atoms with van der Waals surface area (Å²) >= 11 is 1.51. The van der Waals surface area contributed by atoms with Gasteiger partial charge in [0.1, 0.15) is 23.5 Å². The maximum Gasteiger partial charge on any atom is 0.246 e. The molecule has 3 N–H and O–H groups in total. The molecule has 3 aromatic rings. The van der Waals surface area contributed by atoms with E-state index in [1.807, 2.05) is 12.1 Å². The van der Waals surface area contributed by atoms with Crippen molar-refractivity contribution >= 4 is 39.9 Å². The fourth-order valence-corrected chi connectivity index (χ4v) is 3.68. The highest BCUT2D eigenvalue weighted by molar-refractivity contribution is 7.18. The predicted octanol–water partition coefficient (Wildman–Crippen LogP) is 2.61. The number of pyridine rings is 1. The van der Waals surface area contributed by atoms with Gasteiger partial charge in [0.15, 0.2) is 5.13 Å². The third kappa shape index (κ3) is 6.56. The lowest BCUT2D eigenvalue weighted by Gasteiger charge is -2.22. The quantitative estimate of drug-likeness (QED) is 0.308. The number of carbonyl (C=O) groups is 2. The third-order valence-corrected chi connectivity index (χ3v) is 5.72. The van der Waals surface area contributed by atoms with Crippen LogP contribution in [0.4, 0.5) is 16.8 Å². The van der Waals surface area contributed by atoms with Gasteiger partial charge < -0.3 is 20.9 Å². The molecule has 1 atom stereocenters. The van der Waals surface area contributed by atoms with E-state index in [2.05, 4.69) is 42.5 Å². The zero-order chi connectivity index (χ0) is 23.8. The van der Waals surface area contributed by atoms with Crippen molar-refractivity contribution < 1.29 is 9.59 Å². The molecule has 2 amide bonds. The van der Waals surface area contributed by atoms with E-state index in [0.29, 0.717) is 35.7 Å². The lowest BCUT2D eigenvalue weighted by molar-refractivity contribution is -0.134. The van der Waals surface area contributed by atoms with E-state index in [-0.39, 0.29) is 11.8 Å². The van der Waals surface area contributed by atoms with Gasteiger partial charge in [0.05, 0.1) is 4.88 Å². The highest BCUT2D eigenvalue weighted by Gasteiger charge is 2.20. The first-order valence-electron chi connectivity index (χ1n) is 10.3. The molecule has 0 aliphatic rings. The molecule has 3 heterocycles. The molecule has 3 aromatic heterocycles. The second-order valence-electron chi connectivity index (χ2n) is 7.12. The fourth-order valence-electron chi connectivity index (χ4n) is 2.85. The van der Waals surface area contributed by atoms with Gasteiger partial charge in [-0.05, 0) is 37.6 Å². The Morgan fingerprint density at radius 1 is 1.21 bits per heavy atom. The summed E-state index contributed by atoms with van der Waals surface area (Å²) in [6, 6.07) is 5.05. The van der Waals surface area contributed by atoms with Crippen LogP contribution in [0.1, 0.15) is 12.7 Å². The number of anilines is 3. The Hall–Kier alpha value is -3.86. The Morgan fingerprint density at radius 2 is 1.94 bits per heavy atom. The van der Waals surface area contributed by atoms with Crippen LogP contribution < -0.4 is 16.0 Å². The molecule has 11 heteroatoms. The average molecular weight is 467 g/mol. The van der Waals surface area contributed by atoms with Crippen LogP contribution in [0.5, 0.6) is 0 Å². The first-order chi connectivity index (χ1) is 15.9. The molecule has 0 radical (unpaired) electrons. The summed E-state index contributed by atoms with van der Waals surface area (Å²) in [5, 5.41) is 9.90. The van der Waals surface area contributed by atoms with Crippen molar-refractivity contribution in [3.63, 3.8) is 0 Å². The number of aryl methyl sites for hydroxylation is 1. The minimum atomic E-state index is -0.595. The Morgan fingerprint density at radius 3 is 2.67 bits per heavy atom. The minimum absolute atomic E-state index is 0.246. The number of nitrogens with one attached hydrogen (secondary N) is 3. The molecule has 0 saturated heterocycles. The van der Waals surface area contributed by atoms with Gasteiger partial charge in [-0.2, -0.15) is 0 Å². The van der Waals surface area contributed by atoms with Gasteiger partial charge in [0, 0.05) is 44.8 Å². The molecule has 10 nitrogen and oxygen atoms in total. The lowest BCUT2D eigenvalue weighted by Crippen LogP contribution is -2.46. The van der Waals surface area contributed by atoms with E-state index < -0.39 is 6.04 Å². The molecule has 0 aromatic carbocycles. The Labute approximate surface area is 196 Å². The third-order valence-electron chi connectivity index (χ3n) is 4.76. The highest BCUT2D eigenvalue weighted by Crippen LogP contribution is 2.30. The summed E-state index contributed by atoms with van der Waals surface area (Å²) in [6.45, 7) is 7.72. The minimum Gasteiger partial charge on any atom is -0.368 e. The van der Waals surface area contributed by atoms with Crippen molar-refractivity contribution in [2.75, 3.05) is 30.8 Å². The number of hydrogen-bond acceptors (Lipinski definition) is 9. The Kier molecular flexibility index (Phi) is 8.03. The van der Waals surface area contributed by atoms with Crippen LogP contribution in [0.25, 0.3) is 10.4 Å². The molecule has 0 bridgehead atoms. The average Bonchev–Trinajstić information content (AvgIpc) is 3.28. The van der Waals surface area contributed by atoms with Crippen molar-refractivity contribution in [1.29, 1.82) is 0 Å². The van der Waals surface area contributed by atoms with Gasteiger partial charge in [-0.15, -0.1) is 0 Å². The van der Waals surface area contributed by atoms with Crippen LogP contribution in [0, 0.1) is 6.92 Å². The molecule has 0 saturated carbocycles. The molecule has 0 fully saturated rings. The van der Waals surface area contributed by atoms with Crippen molar-refractivity contribution in [3.8, 4) is 10.4 Å². The van der Waals surface area contributed by atoms with Crippen LogP contribution in [0.15, 0.2) is 49.4 Å². The molecular formula is C22H26N8O2S.